The minimum Gasteiger partial charge on any atom is -0.495 e. The van der Waals surface area contributed by atoms with Crippen molar-refractivity contribution in [3.05, 3.63) is 53.6 Å². The second-order valence-electron chi connectivity index (χ2n) is 5.76. The van der Waals surface area contributed by atoms with Crippen LogP contribution < -0.4 is 25.1 Å². The number of ether oxygens (including phenoxy) is 3. The molecule has 0 bridgehead atoms. The third-order valence-corrected chi connectivity index (χ3v) is 4.07. The summed E-state index contributed by atoms with van der Waals surface area (Å²) in [7, 11) is 3.06. The molecule has 0 aliphatic heterocycles. The number of allylic oxidation sites excluding steroid dienone is 1. The van der Waals surface area contributed by atoms with E-state index in [9.17, 15) is 10.1 Å². The van der Waals surface area contributed by atoms with Crippen LogP contribution in [0.25, 0.3) is 5.57 Å². The third-order valence-electron chi connectivity index (χ3n) is 4.07. The molecule has 0 fully saturated rings. The van der Waals surface area contributed by atoms with Crippen molar-refractivity contribution in [1.82, 2.24) is 0 Å². The summed E-state index contributed by atoms with van der Waals surface area (Å²) < 4.78 is 16.3. The van der Waals surface area contributed by atoms with E-state index in [0.29, 0.717) is 40.7 Å². The fraction of sp³-hybridized carbons (Fsp3) is 0.238. The van der Waals surface area contributed by atoms with Crippen LogP contribution in [0.2, 0.25) is 0 Å². The summed E-state index contributed by atoms with van der Waals surface area (Å²) in [6.07, 6.45) is 1.43. The van der Waals surface area contributed by atoms with Gasteiger partial charge in [-0.05, 0) is 47.9 Å². The molecule has 146 valence electrons. The second-order valence-corrected chi connectivity index (χ2v) is 5.76. The Morgan fingerprint density at radius 2 is 1.71 bits per heavy atom. The fourth-order valence-electron chi connectivity index (χ4n) is 2.73. The van der Waals surface area contributed by atoms with Crippen LogP contribution >= 0.6 is 0 Å². The van der Waals surface area contributed by atoms with Crippen molar-refractivity contribution in [1.29, 1.82) is 5.26 Å². The predicted molar refractivity (Wildman–Crippen MR) is 107 cm³/mol. The van der Waals surface area contributed by atoms with Gasteiger partial charge in [0.1, 0.15) is 11.4 Å². The van der Waals surface area contributed by atoms with Gasteiger partial charge in [-0.15, -0.1) is 0 Å². The van der Waals surface area contributed by atoms with Gasteiger partial charge < -0.3 is 14.2 Å². The standard InChI is InChI=1S/C21H23N3O4/c1-5-28-21-13-16(7-9-20(21)27-4)17(10-11-22)15-6-8-19(26-3)18(12-15)24(23)14(2)25/h6-10,12-13H,5,23H2,1-4H3. The second kappa shape index (κ2) is 9.44. The fourth-order valence-corrected chi connectivity index (χ4v) is 2.73. The van der Waals surface area contributed by atoms with Crippen LogP contribution in [0.15, 0.2) is 42.5 Å². The molecular formula is C21H23N3O4. The molecule has 2 rings (SSSR count). The average molecular weight is 381 g/mol. The maximum atomic E-state index is 11.7. The predicted octanol–water partition coefficient (Wildman–Crippen LogP) is 3.28. The van der Waals surface area contributed by atoms with E-state index in [1.165, 1.54) is 20.1 Å². The number of nitrogens with two attached hydrogens (primary N) is 1. The van der Waals surface area contributed by atoms with Crippen LogP contribution in [0, 0.1) is 11.3 Å². The van der Waals surface area contributed by atoms with Gasteiger partial charge in [-0.1, -0.05) is 12.1 Å². The Labute approximate surface area is 164 Å². The summed E-state index contributed by atoms with van der Waals surface area (Å²) >= 11 is 0. The number of hydrogen-bond acceptors (Lipinski definition) is 6. The highest BCUT2D eigenvalue weighted by atomic mass is 16.5. The van der Waals surface area contributed by atoms with Crippen LogP contribution in [0.1, 0.15) is 25.0 Å². The van der Waals surface area contributed by atoms with Crippen LogP contribution in [-0.4, -0.2) is 26.7 Å². The lowest BCUT2D eigenvalue weighted by atomic mass is 9.96. The number of benzene rings is 2. The van der Waals surface area contributed by atoms with Crippen molar-refractivity contribution < 1.29 is 19.0 Å². The normalized spacial score (nSPS) is 10.8. The first-order chi connectivity index (χ1) is 13.5. The first-order valence-electron chi connectivity index (χ1n) is 8.61. The number of hydrogen-bond donors (Lipinski definition) is 1. The lowest BCUT2D eigenvalue weighted by molar-refractivity contribution is -0.116. The summed E-state index contributed by atoms with van der Waals surface area (Å²) in [6.45, 7) is 3.71. The highest BCUT2D eigenvalue weighted by molar-refractivity contribution is 5.93. The Morgan fingerprint density at radius 1 is 1.11 bits per heavy atom. The maximum absolute atomic E-state index is 11.7. The Kier molecular flexibility index (Phi) is 7.02. The molecule has 0 aliphatic carbocycles. The summed E-state index contributed by atoms with van der Waals surface area (Å²) in [6, 6.07) is 12.7. The largest absolute Gasteiger partial charge is 0.495 e. The van der Waals surface area contributed by atoms with E-state index in [1.54, 1.807) is 37.4 Å². The summed E-state index contributed by atoms with van der Waals surface area (Å²) in [5.74, 6) is 7.16. The van der Waals surface area contributed by atoms with Gasteiger partial charge in [0.05, 0.1) is 26.9 Å². The van der Waals surface area contributed by atoms with E-state index >= 15 is 0 Å². The number of rotatable bonds is 7. The van der Waals surface area contributed by atoms with E-state index in [1.807, 2.05) is 13.0 Å². The summed E-state index contributed by atoms with van der Waals surface area (Å²) in [5.41, 5.74) is 2.50. The number of nitrogens with zero attached hydrogens (tertiary/aromatic N) is 2. The van der Waals surface area contributed by atoms with Crippen molar-refractivity contribution in [2.45, 2.75) is 13.8 Å². The SMILES string of the molecule is CCOc1cc(C(=CC#N)c2ccc(OC)c(N(N)C(C)=O)c2)ccc1OC. The molecule has 0 radical (unpaired) electrons. The van der Waals surface area contributed by atoms with E-state index in [2.05, 4.69) is 6.07 Å². The highest BCUT2D eigenvalue weighted by Crippen LogP contribution is 2.36. The summed E-state index contributed by atoms with van der Waals surface area (Å²) in [4.78, 5) is 11.7. The minimum absolute atomic E-state index is 0.343. The molecule has 7 nitrogen and oxygen atoms in total. The minimum atomic E-state index is -0.343. The number of amides is 1. The number of hydrazine groups is 1. The van der Waals surface area contributed by atoms with Crippen LogP contribution in [-0.2, 0) is 4.79 Å². The monoisotopic (exact) mass is 381 g/mol. The molecule has 0 saturated carbocycles. The van der Waals surface area contributed by atoms with Crippen molar-refractivity contribution in [3.63, 3.8) is 0 Å². The zero-order valence-electron chi connectivity index (χ0n) is 16.4. The molecule has 0 heterocycles. The highest BCUT2D eigenvalue weighted by Gasteiger charge is 2.16. The molecule has 2 N–H and O–H groups in total. The van der Waals surface area contributed by atoms with Gasteiger partial charge in [0, 0.05) is 13.0 Å². The lowest BCUT2D eigenvalue weighted by Gasteiger charge is -2.19. The van der Waals surface area contributed by atoms with Gasteiger partial charge in [0.25, 0.3) is 0 Å². The Morgan fingerprint density at radius 3 is 2.25 bits per heavy atom. The quantitative estimate of drug-likeness (QED) is 0.342. The summed E-state index contributed by atoms with van der Waals surface area (Å²) in [5, 5.41) is 10.3. The third kappa shape index (κ3) is 4.42. The molecule has 2 aromatic carbocycles. The molecule has 0 saturated heterocycles. The zero-order chi connectivity index (χ0) is 20.7. The van der Waals surface area contributed by atoms with Crippen LogP contribution in [0.3, 0.4) is 0 Å². The lowest BCUT2D eigenvalue weighted by Crippen LogP contribution is -2.35. The van der Waals surface area contributed by atoms with Crippen LogP contribution in [0.5, 0.6) is 17.2 Å². The smallest absolute Gasteiger partial charge is 0.238 e. The first-order valence-corrected chi connectivity index (χ1v) is 8.61. The zero-order valence-corrected chi connectivity index (χ0v) is 16.4. The molecule has 1 amide bonds. The van der Waals surface area contributed by atoms with Gasteiger partial charge in [-0.25, -0.2) is 10.9 Å². The molecule has 0 aromatic heterocycles. The van der Waals surface area contributed by atoms with E-state index in [0.717, 1.165) is 10.6 Å². The molecule has 2 aromatic rings. The van der Waals surface area contributed by atoms with E-state index in [-0.39, 0.29) is 5.91 Å². The molecular weight excluding hydrogens is 358 g/mol. The topological polar surface area (TPSA) is 97.8 Å². The Balaban J connectivity index is 2.61. The van der Waals surface area contributed by atoms with Crippen molar-refractivity contribution in [3.8, 4) is 23.3 Å². The van der Waals surface area contributed by atoms with Gasteiger partial charge in [-0.2, -0.15) is 5.26 Å². The number of nitriles is 1. The average Bonchev–Trinajstić information content (AvgIpc) is 2.71. The molecule has 0 spiro atoms. The van der Waals surface area contributed by atoms with E-state index in [4.69, 9.17) is 20.1 Å². The number of carbonyl (C=O) groups excluding carboxylic acids is 1. The van der Waals surface area contributed by atoms with Crippen LogP contribution in [0.4, 0.5) is 5.69 Å². The number of anilines is 1. The molecule has 0 aliphatic rings. The van der Waals surface area contributed by atoms with Gasteiger partial charge in [0.15, 0.2) is 11.5 Å². The number of carbonyl (C=O) groups is 1. The van der Waals surface area contributed by atoms with Crippen molar-refractivity contribution >= 4 is 17.2 Å². The number of methoxy groups -OCH3 is 2. The Bertz CT molecular complexity index is 932. The molecule has 0 atom stereocenters. The van der Waals surface area contributed by atoms with Crippen molar-refractivity contribution in [2.24, 2.45) is 5.84 Å². The Hall–Kier alpha value is -3.50. The van der Waals surface area contributed by atoms with Gasteiger partial charge in [-0.3, -0.25) is 4.79 Å². The van der Waals surface area contributed by atoms with E-state index < -0.39 is 0 Å². The molecule has 7 heteroatoms. The van der Waals surface area contributed by atoms with Gasteiger partial charge >= 0.3 is 0 Å². The van der Waals surface area contributed by atoms with Crippen molar-refractivity contribution in [2.75, 3.05) is 25.8 Å². The molecule has 28 heavy (non-hydrogen) atoms. The maximum Gasteiger partial charge on any atom is 0.238 e. The molecule has 0 unspecified atom stereocenters. The van der Waals surface area contributed by atoms with Gasteiger partial charge in [0.2, 0.25) is 5.91 Å². The first kappa shape index (κ1) is 20.8.